The molecular weight excluding hydrogens is 547 g/mol. The van der Waals surface area contributed by atoms with E-state index in [0.29, 0.717) is 24.5 Å². The molecule has 1 aromatic rings. The van der Waals surface area contributed by atoms with Gasteiger partial charge in [0.2, 0.25) is 0 Å². The molecule has 1 aromatic carbocycles. The third-order valence-electron chi connectivity index (χ3n) is 5.26. The molecular formula is C20H19F13N2O2. The van der Waals surface area contributed by atoms with Crippen molar-refractivity contribution in [2.24, 2.45) is 4.99 Å². The number of rotatable bonds is 12. The van der Waals surface area contributed by atoms with E-state index in [9.17, 15) is 62.2 Å². The molecule has 37 heavy (non-hydrogen) atoms. The van der Waals surface area contributed by atoms with Crippen LogP contribution >= 0.6 is 0 Å². The van der Waals surface area contributed by atoms with E-state index in [-0.39, 0.29) is 6.54 Å². The Balaban J connectivity index is 1.98. The maximum atomic E-state index is 13.7. The number of nitrogens with zero attached hydrogens (tertiary/aromatic N) is 2. The maximum absolute atomic E-state index is 13.7. The predicted molar refractivity (Wildman–Crippen MR) is 102 cm³/mol. The van der Waals surface area contributed by atoms with Gasteiger partial charge in [-0.25, -0.2) is 0 Å². The zero-order chi connectivity index (χ0) is 28.5. The summed E-state index contributed by atoms with van der Waals surface area (Å²) in [7, 11) is 0. The van der Waals surface area contributed by atoms with Gasteiger partial charge in [0.05, 0.1) is 25.9 Å². The molecule has 1 unspecified atom stereocenters. The molecule has 0 saturated heterocycles. The zero-order valence-electron chi connectivity index (χ0n) is 18.4. The lowest BCUT2D eigenvalue weighted by Crippen LogP contribution is -2.70. The molecule has 4 nitrogen and oxygen atoms in total. The highest BCUT2D eigenvalue weighted by atomic mass is 19.4. The van der Waals surface area contributed by atoms with Gasteiger partial charge in [0.1, 0.15) is 5.84 Å². The van der Waals surface area contributed by atoms with Crippen molar-refractivity contribution in [2.45, 2.75) is 48.3 Å². The van der Waals surface area contributed by atoms with Crippen molar-refractivity contribution in [2.75, 3.05) is 32.8 Å². The van der Waals surface area contributed by atoms with E-state index in [4.69, 9.17) is 0 Å². The molecule has 1 N–H and O–H groups in total. The third-order valence-corrected chi connectivity index (χ3v) is 5.26. The topological polar surface area (TPSA) is 45.1 Å². The SMILES string of the molecule is OC(COCCC(F)(F)C(F)(F)C(F)(F)C(F)(F)C(F)(F)C(F)(F)F)CN1CCN=C1c1ccccc1. The van der Waals surface area contributed by atoms with Crippen LogP contribution in [0.15, 0.2) is 35.3 Å². The predicted octanol–water partition coefficient (Wildman–Crippen LogP) is 5.26. The Morgan fingerprint density at radius 1 is 0.811 bits per heavy atom. The van der Waals surface area contributed by atoms with Crippen molar-refractivity contribution in [1.82, 2.24) is 4.90 Å². The Morgan fingerprint density at radius 3 is 1.89 bits per heavy atom. The first kappa shape index (κ1) is 30.9. The van der Waals surface area contributed by atoms with Crippen molar-refractivity contribution in [1.29, 1.82) is 0 Å². The molecule has 0 radical (unpaired) electrons. The maximum Gasteiger partial charge on any atom is 0.460 e. The van der Waals surface area contributed by atoms with Crippen molar-refractivity contribution in [3.63, 3.8) is 0 Å². The number of benzene rings is 1. The van der Waals surface area contributed by atoms with Gasteiger partial charge < -0.3 is 14.7 Å². The minimum atomic E-state index is -7.93. The Kier molecular flexibility index (Phi) is 8.74. The molecule has 0 amide bonds. The number of amidine groups is 1. The molecule has 1 heterocycles. The van der Waals surface area contributed by atoms with Crippen molar-refractivity contribution >= 4 is 5.84 Å². The lowest BCUT2D eigenvalue weighted by molar-refractivity contribution is -0.440. The summed E-state index contributed by atoms with van der Waals surface area (Å²) in [6, 6.07) is 8.53. The quantitative estimate of drug-likeness (QED) is 0.278. The number of alkyl halides is 13. The van der Waals surface area contributed by atoms with Crippen LogP contribution in [0.1, 0.15) is 12.0 Å². The van der Waals surface area contributed by atoms with Gasteiger partial charge in [-0.3, -0.25) is 4.99 Å². The highest BCUT2D eigenvalue weighted by molar-refractivity contribution is 5.99. The van der Waals surface area contributed by atoms with Crippen molar-refractivity contribution < 1.29 is 66.9 Å². The minimum Gasteiger partial charge on any atom is -0.389 e. The summed E-state index contributed by atoms with van der Waals surface area (Å²) in [5, 5.41) is 10.00. The monoisotopic (exact) mass is 566 g/mol. The number of β-amino-alcohol motifs (C(OH)–C–C–N with tert-alkyl or cyclic N) is 1. The van der Waals surface area contributed by atoms with E-state index < -0.39 is 61.5 Å². The average molecular weight is 566 g/mol. The van der Waals surface area contributed by atoms with E-state index in [1.165, 1.54) is 0 Å². The fourth-order valence-corrected chi connectivity index (χ4v) is 3.21. The Hall–Kier alpha value is -2.30. The smallest absolute Gasteiger partial charge is 0.389 e. The van der Waals surface area contributed by atoms with Gasteiger partial charge in [0.25, 0.3) is 0 Å². The number of aliphatic hydroxyl groups excluding tert-OH is 1. The Morgan fingerprint density at radius 2 is 1.35 bits per heavy atom. The van der Waals surface area contributed by atoms with E-state index in [1.54, 1.807) is 35.2 Å². The molecule has 0 fully saturated rings. The van der Waals surface area contributed by atoms with E-state index >= 15 is 0 Å². The molecule has 0 aliphatic carbocycles. The second-order valence-corrected chi connectivity index (χ2v) is 8.00. The van der Waals surface area contributed by atoms with Gasteiger partial charge in [-0.2, -0.15) is 57.1 Å². The van der Waals surface area contributed by atoms with Crippen LogP contribution in [0.4, 0.5) is 57.1 Å². The molecule has 2 rings (SSSR count). The zero-order valence-corrected chi connectivity index (χ0v) is 18.4. The summed E-state index contributed by atoms with van der Waals surface area (Å²) in [5.41, 5.74) is 0.670. The molecule has 212 valence electrons. The summed E-state index contributed by atoms with van der Waals surface area (Å²) < 4.78 is 175. The number of aliphatic hydroxyl groups is 1. The average Bonchev–Trinajstić information content (AvgIpc) is 3.24. The molecule has 0 spiro atoms. The normalized spacial score (nSPS) is 17.2. The van der Waals surface area contributed by atoms with Crippen molar-refractivity contribution in [3.8, 4) is 0 Å². The van der Waals surface area contributed by atoms with Crippen LogP contribution in [-0.4, -0.2) is 90.6 Å². The summed E-state index contributed by atoms with van der Waals surface area (Å²) >= 11 is 0. The molecule has 1 aliphatic rings. The fraction of sp³-hybridized carbons (Fsp3) is 0.650. The van der Waals surface area contributed by atoms with Gasteiger partial charge in [-0.1, -0.05) is 30.3 Å². The standard InChI is InChI=1S/C20H19F13N2O2/c21-15(22,16(23,24)17(25,26)18(27,28)19(29,30)20(31,32)33)6-9-37-11-13(36)10-35-8-7-34-14(35)12-4-2-1-3-5-12/h1-5,13,36H,6-11H2. The summed E-state index contributed by atoms with van der Waals surface area (Å²) in [4.78, 5) is 5.79. The van der Waals surface area contributed by atoms with E-state index in [0.717, 1.165) is 0 Å². The molecule has 17 heteroatoms. The summed E-state index contributed by atoms with van der Waals surface area (Å²) in [5.74, 6) is -36.6. The van der Waals surface area contributed by atoms with Gasteiger partial charge in [-0.05, 0) is 0 Å². The third kappa shape index (κ3) is 5.76. The van der Waals surface area contributed by atoms with Gasteiger partial charge in [0.15, 0.2) is 0 Å². The molecule has 0 bridgehead atoms. The Bertz CT molecular complexity index is 936. The van der Waals surface area contributed by atoms with Crippen LogP contribution in [0.5, 0.6) is 0 Å². The van der Waals surface area contributed by atoms with Crippen LogP contribution in [0.25, 0.3) is 0 Å². The van der Waals surface area contributed by atoms with Crippen LogP contribution < -0.4 is 0 Å². The molecule has 0 saturated carbocycles. The fourth-order valence-electron chi connectivity index (χ4n) is 3.21. The highest BCUT2D eigenvalue weighted by Gasteiger charge is 2.90. The van der Waals surface area contributed by atoms with Crippen LogP contribution in [-0.2, 0) is 4.74 Å². The molecule has 0 aromatic heterocycles. The second-order valence-electron chi connectivity index (χ2n) is 8.00. The number of hydrogen-bond acceptors (Lipinski definition) is 4. The molecule has 1 atom stereocenters. The van der Waals surface area contributed by atoms with E-state index in [1.807, 2.05) is 0 Å². The summed E-state index contributed by atoms with van der Waals surface area (Å²) in [6.07, 6.45) is -11.4. The van der Waals surface area contributed by atoms with Gasteiger partial charge >= 0.3 is 35.8 Å². The van der Waals surface area contributed by atoms with Crippen LogP contribution in [0.3, 0.4) is 0 Å². The number of hydrogen-bond donors (Lipinski definition) is 1. The first-order valence-electron chi connectivity index (χ1n) is 10.3. The Labute approximate surface area is 200 Å². The largest absolute Gasteiger partial charge is 0.460 e. The van der Waals surface area contributed by atoms with Crippen LogP contribution in [0.2, 0.25) is 0 Å². The molecule has 1 aliphatic heterocycles. The number of aliphatic imine (C=N–C) groups is 1. The second kappa shape index (κ2) is 10.5. The first-order chi connectivity index (χ1) is 16.7. The highest BCUT2D eigenvalue weighted by Crippen LogP contribution is 2.60. The van der Waals surface area contributed by atoms with Gasteiger partial charge in [-0.15, -0.1) is 0 Å². The van der Waals surface area contributed by atoms with E-state index in [2.05, 4.69) is 9.73 Å². The summed E-state index contributed by atoms with van der Waals surface area (Å²) in [6.45, 7) is -1.94. The lowest BCUT2D eigenvalue weighted by Gasteiger charge is -2.39. The lowest BCUT2D eigenvalue weighted by atomic mass is 9.93. The number of ether oxygens (including phenoxy) is 1. The minimum absolute atomic E-state index is 0.197. The first-order valence-corrected chi connectivity index (χ1v) is 10.3. The van der Waals surface area contributed by atoms with Crippen molar-refractivity contribution in [3.05, 3.63) is 35.9 Å². The number of halogens is 13. The van der Waals surface area contributed by atoms with Gasteiger partial charge in [0, 0.05) is 25.1 Å². The van der Waals surface area contributed by atoms with Crippen LogP contribution in [0, 0.1) is 0 Å².